The van der Waals surface area contributed by atoms with Crippen molar-refractivity contribution in [2.24, 2.45) is 0 Å². The van der Waals surface area contributed by atoms with Gasteiger partial charge in [0.05, 0.1) is 5.52 Å². The third-order valence-electron chi connectivity index (χ3n) is 5.31. The lowest BCUT2D eigenvalue weighted by Crippen LogP contribution is -2.26. The summed E-state index contributed by atoms with van der Waals surface area (Å²) in [6, 6.07) is 11.1. The molecular weight excluding hydrogens is 306 g/mol. The van der Waals surface area contributed by atoms with Crippen LogP contribution < -0.4 is 0 Å². The van der Waals surface area contributed by atoms with E-state index in [0.717, 1.165) is 25.9 Å². The number of rotatable bonds is 3. The fraction of sp³-hybridized carbons (Fsp3) is 0.318. The summed E-state index contributed by atoms with van der Waals surface area (Å²) < 4.78 is 2.42. The lowest BCUT2D eigenvalue weighted by molar-refractivity contribution is 0.312. The maximum Gasteiger partial charge on any atom is 0.0529 e. The molecule has 0 N–H and O–H groups in total. The Morgan fingerprint density at radius 1 is 1.20 bits per heavy atom. The molecule has 0 bridgehead atoms. The lowest BCUT2D eigenvalue weighted by Gasteiger charge is -2.23. The first-order valence-corrected chi connectivity index (χ1v) is 9.09. The van der Waals surface area contributed by atoms with Gasteiger partial charge < -0.3 is 9.47 Å². The Balaban J connectivity index is 1.91. The van der Waals surface area contributed by atoms with Crippen molar-refractivity contribution in [3.63, 3.8) is 0 Å². The van der Waals surface area contributed by atoms with Crippen molar-refractivity contribution in [2.75, 3.05) is 13.6 Å². The van der Waals surface area contributed by atoms with Crippen LogP contribution in [0.3, 0.4) is 0 Å². The number of pyridine rings is 1. The number of aryl methyl sites for hydroxylation is 1. The van der Waals surface area contributed by atoms with Crippen LogP contribution in [0.5, 0.6) is 0 Å². The molecule has 3 aromatic rings. The zero-order valence-electron chi connectivity index (χ0n) is 15.3. The Kier molecular flexibility index (Phi) is 4.18. The summed E-state index contributed by atoms with van der Waals surface area (Å²) in [5.41, 5.74) is 8.19. The first kappa shape index (κ1) is 16.1. The molecule has 0 saturated heterocycles. The predicted molar refractivity (Wildman–Crippen MR) is 105 cm³/mol. The smallest absolute Gasteiger partial charge is 0.0529 e. The monoisotopic (exact) mass is 331 g/mol. The molecule has 128 valence electrons. The van der Waals surface area contributed by atoms with Gasteiger partial charge in [0, 0.05) is 49.2 Å². The van der Waals surface area contributed by atoms with Gasteiger partial charge in [-0.25, -0.2) is 0 Å². The second kappa shape index (κ2) is 6.49. The van der Waals surface area contributed by atoms with Gasteiger partial charge in [-0.05, 0) is 66.9 Å². The van der Waals surface area contributed by atoms with Gasteiger partial charge >= 0.3 is 0 Å². The highest BCUT2D eigenvalue weighted by molar-refractivity contribution is 5.90. The van der Waals surface area contributed by atoms with Crippen molar-refractivity contribution >= 4 is 22.7 Å². The fourth-order valence-electron chi connectivity index (χ4n) is 3.83. The van der Waals surface area contributed by atoms with E-state index in [4.69, 9.17) is 0 Å². The Morgan fingerprint density at radius 2 is 2.00 bits per heavy atom. The zero-order chi connectivity index (χ0) is 17.4. The molecule has 1 aromatic carbocycles. The zero-order valence-corrected chi connectivity index (χ0v) is 15.3. The SMILES string of the molecule is CCc1ccc2c(c1)c1c(n2C=C(C)c2ccncc2)CCN(C)C1. The summed E-state index contributed by atoms with van der Waals surface area (Å²) >= 11 is 0. The first-order chi connectivity index (χ1) is 12.2. The molecule has 0 radical (unpaired) electrons. The van der Waals surface area contributed by atoms with Crippen LogP contribution in [0.2, 0.25) is 0 Å². The normalized spacial score (nSPS) is 15.6. The van der Waals surface area contributed by atoms with Crippen LogP contribution in [-0.2, 0) is 19.4 Å². The van der Waals surface area contributed by atoms with Crippen LogP contribution in [0, 0.1) is 0 Å². The van der Waals surface area contributed by atoms with Gasteiger partial charge in [-0.15, -0.1) is 0 Å². The van der Waals surface area contributed by atoms with Crippen LogP contribution in [-0.4, -0.2) is 28.0 Å². The molecule has 3 heteroatoms. The molecule has 4 rings (SSSR count). The summed E-state index contributed by atoms with van der Waals surface area (Å²) in [6.45, 7) is 6.56. The standard InChI is InChI=1S/C22H25N3/c1-4-17-5-6-21-19(13-17)20-15-24(3)12-9-22(20)25(21)14-16(2)18-7-10-23-11-8-18/h5-8,10-11,13-14H,4,9,12,15H2,1-3H3. The van der Waals surface area contributed by atoms with Crippen LogP contribution in [0.1, 0.15) is 36.2 Å². The maximum absolute atomic E-state index is 4.13. The number of allylic oxidation sites excluding steroid dienone is 1. The lowest BCUT2D eigenvalue weighted by atomic mass is 10.0. The highest BCUT2D eigenvalue weighted by atomic mass is 15.1. The van der Waals surface area contributed by atoms with Gasteiger partial charge in [-0.1, -0.05) is 13.0 Å². The van der Waals surface area contributed by atoms with E-state index in [1.54, 1.807) is 0 Å². The van der Waals surface area contributed by atoms with Crippen LogP contribution in [0.4, 0.5) is 0 Å². The quantitative estimate of drug-likeness (QED) is 0.699. The van der Waals surface area contributed by atoms with E-state index in [1.165, 1.54) is 38.9 Å². The molecule has 0 atom stereocenters. The van der Waals surface area contributed by atoms with Gasteiger partial charge in [0.2, 0.25) is 0 Å². The largest absolute Gasteiger partial charge is 0.320 e. The Labute approximate surface area is 149 Å². The minimum atomic E-state index is 1.04. The number of hydrogen-bond donors (Lipinski definition) is 0. The van der Waals surface area contributed by atoms with E-state index in [0.29, 0.717) is 0 Å². The summed E-state index contributed by atoms with van der Waals surface area (Å²) in [4.78, 5) is 6.55. The van der Waals surface area contributed by atoms with E-state index in [9.17, 15) is 0 Å². The number of aromatic nitrogens is 2. The molecule has 1 aliphatic heterocycles. The summed E-state index contributed by atoms with van der Waals surface area (Å²) in [5, 5.41) is 1.42. The molecule has 0 spiro atoms. The van der Waals surface area contributed by atoms with Gasteiger partial charge in [-0.2, -0.15) is 0 Å². The Bertz CT molecular complexity index is 935. The molecule has 2 aromatic heterocycles. The number of nitrogens with zero attached hydrogens (tertiary/aromatic N) is 3. The van der Waals surface area contributed by atoms with Crippen molar-refractivity contribution in [3.05, 3.63) is 65.1 Å². The molecule has 1 aliphatic rings. The third kappa shape index (κ3) is 2.89. The highest BCUT2D eigenvalue weighted by Gasteiger charge is 2.22. The van der Waals surface area contributed by atoms with Crippen molar-refractivity contribution in [1.82, 2.24) is 14.5 Å². The van der Waals surface area contributed by atoms with Gasteiger partial charge in [-0.3, -0.25) is 4.98 Å². The molecule has 0 fully saturated rings. The Morgan fingerprint density at radius 3 is 2.76 bits per heavy atom. The number of hydrogen-bond acceptors (Lipinski definition) is 2. The van der Waals surface area contributed by atoms with Gasteiger partial charge in [0.25, 0.3) is 0 Å². The van der Waals surface area contributed by atoms with Crippen molar-refractivity contribution in [2.45, 2.75) is 33.2 Å². The summed E-state index contributed by atoms with van der Waals surface area (Å²) in [7, 11) is 2.22. The molecule has 0 amide bonds. The Hall–Kier alpha value is -2.39. The molecule has 3 heterocycles. The minimum absolute atomic E-state index is 1.04. The second-order valence-electron chi connectivity index (χ2n) is 7.04. The average molecular weight is 331 g/mol. The number of benzene rings is 1. The first-order valence-electron chi connectivity index (χ1n) is 9.09. The molecule has 0 saturated carbocycles. The third-order valence-corrected chi connectivity index (χ3v) is 5.31. The average Bonchev–Trinajstić information content (AvgIpc) is 2.95. The number of likely N-dealkylation sites (N-methyl/N-ethyl adjacent to an activating group) is 1. The topological polar surface area (TPSA) is 21.1 Å². The molecule has 0 aliphatic carbocycles. The van der Waals surface area contributed by atoms with Crippen LogP contribution in [0.25, 0.3) is 22.7 Å². The van der Waals surface area contributed by atoms with E-state index in [2.05, 4.69) is 71.9 Å². The predicted octanol–water partition coefficient (Wildman–Crippen LogP) is 4.60. The van der Waals surface area contributed by atoms with Gasteiger partial charge in [0.1, 0.15) is 0 Å². The molecular formula is C22H25N3. The van der Waals surface area contributed by atoms with Crippen LogP contribution >= 0.6 is 0 Å². The second-order valence-corrected chi connectivity index (χ2v) is 7.04. The minimum Gasteiger partial charge on any atom is -0.320 e. The number of fused-ring (bicyclic) bond motifs is 3. The molecule has 25 heavy (non-hydrogen) atoms. The van der Waals surface area contributed by atoms with Crippen molar-refractivity contribution < 1.29 is 0 Å². The van der Waals surface area contributed by atoms with E-state index < -0.39 is 0 Å². The van der Waals surface area contributed by atoms with E-state index in [-0.39, 0.29) is 0 Å². The molecule has 3 nitrogen and oxygen atoms in total. The van der Waals surface area contributed by atoms with Gasteiger partial charge in [0.15, 0.2) is 0 Å². The van der Waals surface area contributed by atoms with Crippen LogP contribution in [0.15, 0.2) is 42.7 Å². The maximum atomic E-state index is 4.13. The summed E-state index contributed by atoms with van der Waals surface area (Å²) in [6.07, 6.45) is 8.20. The fourth-order valence-corrected chi connectivity index (χ4v) is 3.83. The van der Waals surface area contributed by atoms with Crippen molar-refractivity contribution in [1.29, 1.82) is 0 Å². The van der Waals surface area contributed by atoms with Crippen molar-refractivity contribution in [3.8, 4) is 0 Å². The summed E-state index contributed by atoms with van der Waals surface area (Å²) in [5.74, 6) is 0. The van der Waals surface area contributed by atoms with E-state index >= 15 is 0 Å². The highest BCUT2D eigenvalue weighted by Crippen LogP contribution is 2.32. The van der Waals surface area contributed by atoms with E-state index in [1.807, 2.05) is 12.4 Å². The molecule has 0 unspecified atom stereocenters.